The van der Waals surface area contributed by atoms with Gasteiger partial charge in [0.2, 0.25) is 0 Å². The van der Waals surface area contributed by atoms with E-state index in [1.54, 1.807) is 18.2 Å². The Morgan fingerprint density at radius 2 is 1.68 bits per heavy atom. The molecule has 2 aliphatic rings. The number of hydrogen-bond donors (Lipinski definition) is 3. The second-order valence-corrected chi connectivity index (χ2v) is 7.67. The Hall–Kier alpha value is -1.07. The van der Waals surface area contributed by atoms with Crippen molar-refractivity contribution in [2.24, 2.45) is 5.92 Å². The quantitative estimate of drug-likeness (QED) is 0.482. The Balaban J connectivity index is 1.79. The lowest BCUT2D eigenvalue weighted by atomic mass is 9.95. The molecular formula is C19H23Cl2NO3. The summed E-state index contributed by atoms with van der Waals surface area (Å²) in [7, 11) is 0. The van der Waals surface area contributed by atoms with E-state index in [4.69, 9.17) is 33.3 Å². The maximum atomic E-state index is 10.6. The topological polar surface area (TPSA) is 73.5 Å². The second kappa shape index (κ2) is 8.09. The van der Waals surface area contributed by atoms with Crippen LogP contribution in [-0.2, 0) is 4.74 Å². The summed E-state index contributed by atoms with van der Waals surface area (Å²) in [5.74, 6) is 0.324. The summed E-state index contributed by atoms with van der Waals surface area (Å²) in [6.45, 7) is 0.156. The molecule has 1 aromatic rings. The normalized spacial score (nSPS) is 24.8. The van der Waals surface area contributed by atoms with E-state index >= 15 is 0 Å². The number of halogens is 2. The molecule has 0 heterocycles. The smallest absolute Gasteiger partial charge is 0.103 e. The van der Waals surface area contributed by atoms with Gasteiger partial charge in [0.15, 0.2) is 0 Å². The van der Waals surface area contributed by atoms with Crippen molar-refractivity contribution in [1.29, 1.82) is 5.41 Å². The van der Waals surface area contributed by atoms with Gasteiger partial charge in [0.1, 0.15) is 5.76 Å². The molecule has 0 amide bonds. The van der Waals surface area contributed by atoms with Gasteiger partial charge in [-0.25, -0.2) is 0 Å². The fourth-order valence-electron chi connectivity index (χ4n) is 3.18. The highest BCUT2D eigenvalue weighted by Gasteiger charge is 2.31. The average molecular weight is 384 g/mol. The molecule has 25 heavy (non-hydrogen) atoms. The van der Waals surface area contributed by atoms with Crippen LogP contribution in [0.3, 0.4) is 0 Å². The van der Waals surface area contributed by atoms with Crippen molar-refractivity contribution in [1.82, 2.24) is 0 Å². The van der Waals surface area contributed by atoms with Crippen molar-refractivity contribution in [3.8, 4) is 0 Å². The van der Waals surface area contributed by atoms with Crippen molar-refractivity contribution < 1.29 is 14.9 Å². The number of hydrogen-bond acceptors (Lipinski definition) is 4. The molecule has 1 aromatic carbocycles. The predicted molar refractivity (Wildman–Crippen MR) is 99.9 cm³/mol. The lowest BCUT2D eigenvalue weighted by Crippen LogP contribution is -2.26. The molecule has 2 fully saturated rings. The summed E-state index contributed by atoms with van der Waals surface area (Å²) in [5, 5.41) is 29.5. The molecule has 0 bridgehead atoms. The molecule has 2 saturated carbocycles. The van der Waals surface area contributed by atoms with Crippen LogP contribution in [0.15, 0.2) is 29.5 Å². The first-order valence-corrected chi connectivity index (χ1v) is 9.48. The molecule has 3 N–H and O–H groups in total. The summed E-state index contributed by atoms with van der Waals surface area (Å²) in [6, 6.07) is 5.11. The standard InChI is InChI=1S/C19H23Cl2NO3/c20-15-2-1-3-16(21)17(15)18(22)14(19(24)11-4-5-11)10-25-13-8-6-12(23)7-9-13/h1-3,11-13,22-24H,4-10H2/b19-14-,22-18?/t12-,13+. The van der Waals surface area contributed by atoms with Gasteiger partial charge in [0, 0.05) is 17.1 Å². The van der Waals surface area contributed by atoms with Crippen LogP contribution in [0, 0.1) is 11.3 Å². The first-order chi connectivity index (χ1) is 12.0. The lowest BCUT2D eigenvalue weighted by molar-refractivity contribution is 0.00687. The van der Waals surface area contributed by atoms with Crippen LogP contribution in [0.2, 0.25) is 10.0 Å². The Morgan fingerprint density at radius 3 is 2.24 bits per heavy atom. The number of aliphatic hydroxyl groups excluding tert-OH is 2. The SMILES string of the molecule is N=C(/C(CO[C@H]1CC[C@@H](O)CC1)=C(\O)C1CC1)c1c(Cl)cccc1Cl. The monoisotopic (exact) mass is 383 g/mol. The van der Waals surface area contributed by atoms with E-state index in [1.807, 2.05) is 0 Å². The fraction of sp³-hybridized carbons (Fsp3) is 0.526. The second-order valence-electron chi connectivity index (χ2n) is 6.85. The number of ether oxygens (including phenoxy) is 1. The van der Waals surface area contributed by atoms with Crippen LogP contribution in [-0.4, -0.2) is 34.7 Å². The van der Waals surface area contributed by atoms with Gasteiger partial charge in [-0.3, -0.25) is 5.41 Å². The van der Waals surface area contributed by atoms with Gasteiger partial charge < -0.3 is 14.9 Å². The third kappa shape index (κ3) is 4.56. The Bertz CT molecular complexity index is 657. The molecule has 0 aliphatic heterocycles. The molecule has 0 radical (unpaired) electrons. The van der Waals surface area contributed by atoms with Crippen LogP contribution in [0.25, 0.3) is 0 Å². The van der Waals surface area contributed by atoms with E-state index in [9.17, 15) is 10.2 Å². The molecule has 6 heteroatoms. The summed E-state index contributed by atoms with van der Waals surface area (Å²) in [4.78, 5) is 0. The fourth-order valence-corrected chi connectivity index (χ4v) is 3.76. The van der Waals surface area contributed by atoms with Crippen molar-refractivity contribution in [3.05, 3.63) is 45.1 Å². The van der Waals surface area contributed by atoms with Crippen molar-refractivity contribution in [3.63, 3.8) is 0 Å². The van der Waals surface area contributed by atoms with E-state index in [-0.39, 0.29) is 36.2 Å². The van der Waals surface area contributed by atoms with Crippen LogP contribution in [0.5, 0.6) is 0 Å². The Morgan fingerprint density at radius 1 is 1.08 bits per heavy atom. The van der Waals surface area contributed by atoms with Gasteiger partial charge >= 0.3 is 0 Å². The van der Waals surface area contributed by atoms with E-state index in [1.165, 1.54) is 0 Å². The van der Waals surface area contributed by atoms with Crippen molar-refractivity contribution in [2.45, 2.75) is 50.7 Å². The number of benzene rings is 1. The van der Waals surface area contributed by atoms with Crippen molar-refractivity contribution in [2.75, 3.05) is 6.61 Å². The zero-order valence-corrected chi connectivity index (χ0v) is 15.5. The molecule has 3 rings (SSSR count). The lowest BCUT2D eigenvalue weighted by Gasteiger charge is -2.26. The molecule has 2 aliphatic carbocycles. The van der Waals surface area contributed by atoms with E-state index in [0.717, 1.165) is 38.5 Å². The molecule has 0 unspecified atom stereocenters. The third-order valence-corrected chi connectivity index (χ3v) is 5.52. The Kier molecular flexibility index (Phi) is 6.05. The molecule has 136 valence electrons. The summed E-state index contributed by atoms with van der Waals surface area (Å²) in [5.41, 5.74) is 1.01. The minimum absolute atomic E-state index is 0.0416. The molecule has 4 nitrogen and oxygen atoms in total. The largest absolute Gasteiger partial charge is 0.512 e. The molecule has 0 spiro atoms. The molecule has 0 atom stereocenters. The minimum Gasteiger partial charge on any atom is -0.512 e. The van der Waals surface area contributed by atoms with Crippen LogP contribution in [0.4, 0.5) is 0 Å². The van der Waals surface area contributed by atoms with Gasteiger partial charge in [-0.2, -0.15) is 0 Å². The number of rotatable bonds is 6. The maximum absolute atomic E-state index is 10.6. The number of aliphatic hydroxyl groups is 2. The van der Waals surface area contributed by atoms with Crippen LogP contribution >= 0.6 is 23.2 Å². The van der Waals surface area contributed by atoms with Crippen LogP contribution in [0.1, 0.15) is 44.1 Å². The minimum atomic E-state index is -0.241. The molecule has 0 saturated heterocycles. The highest BCUT2D eigenvalue weighted by molar-refractivity contribution is 6.41. The zero-order valence-electron chi connectivity index (χ0n) is 14.0. The number of nitrogens with one attached hydrogen (secondary N) is 1. The van der Waals surface area contributed by atoms with Gasteiger partial charge in [0.05, 0.1) is 34.6 Å². The Labute approximate surface area is 157 Å². The summed E-state index contributed by atoms with van der Waals surface area (Å²) < 4.78 is 5.96. The van der Waals surface area contributed by atoms with Crippen molar-refractivity contribution >= 4 is 28.9 Å². The highest BCUT2D eigenvalue weighted by atomic mass is 35.5. The van der Waals surface area contributed by atoms with E-state index < -0.39 is 0 Å². The van der Waals surface area contributed by atoms with Gasteiger partial charge in [-0.05, 0) is 50.7 Å². The predicted octanol–water partition coefficient (Wildman–Crippen LogP) is 4.90. The summed E-state index contributed by atoms with van der Waals surface area (Å²) in [6.07, 6.45) is 4.69. The first-order valence-electron chi connectivity index (χ1n) is 8.72. The van der Waals surface area contributed by atoms with E-state index in [2.05, 4.69) is 0 Å². The van der Waals surface area contributed by atoms with Crippen LogP contribution < -0.4 is 0 Å². The maximum Gasteiger partial charge on any atom is 0.103 e. The highest BCUT2D eigenvalue weighted by Crippen LogP contribution is 2.38. The average Bonchev–Trinajstić information content (AvgIpc) is 3.41. The third-order valence-electron chi connectivity index (χ3n) is 4.89. The van der Waals surface area contributed by atoms with Gasteiger partial charge in [-0.15, -0.1) is 0 Å². The van der Waals surface area contributed by atoms with Gasteiger partial charge in [0.25, 0.3) is 0 Å². The zero-order chi connectivity index (χ0) is 18.0. The van der Waals surface area contributed by atoms with E-state index in [0.29, 0.717) is 21.2 Å². The summed E-state index contributed by atoms with van der Waals surface area (Å²) >= 11 is 12.5. The molecular weight excluding hydrogens is 361 g/mol. The number of allylic oxidation sites excluding steroid dienone is 1. The molecule has 0 aromatic heterocycles. The van der Waals surface area contributed by atoms with Gasteiger partial charge in [-0.1, -0.05) is 29.3 Å². The first kappa shape index (κ1) is 18.7.